The largest absolute Gasteiger partial charge is 0.376 e. The van der Waals surface area contributed by atoms with E-state index in [1.54, 1.807) is 0 Å². The van der Waals surface area contributed by atoms with Crippen molar-refractivity contribution < 1.29 is 9.47 Å². The molecule has 0 radical (unpaired) electrons. The number of rotatable bonds is 8. The second kappa shape index (κ2) is 9.60. The Bertz CT molecular complexity index is 464. The first-order valence-corrected chi connectivity index (χ1v) is 11.6. The average Bonchev–Trinajstić information content (AvgIpc) is 3.61. The molecule has 27 heavy (non-hydrogen) atoms. The fourth-order valence-corrected chi connectivity index (χ4v) is 4.77. The number of nitrogens with zero attached hydrogens (tertiary/aromatic N) is 2. The lowest BCUT2D eigenvalue weighted by molar-refractivity contribution is -0.0721. The second-order valence-corrected chi connectivity index (χ2v) is 9.04. The lowest BCUT2D eigenvalue weighted by Crippen LogP contribution is -2.47. The molecule has 1 atom stereocenters. The van der Waals surface area contributed by atoms with Crippen LogP contribution in [-0.4, -0.2) is 62.5 Å². The third-order valence-electron chi connectivity index (χ3n) is 6.78. The van der Waals surface area contributed by atoms with Crippen LogP contribution >= 0.6 is 0 Å². The Morgan fingerprint density at radius 3 is 2.41 bits per heavy atom. The zero-order chi connectivity index (χ0) is 18.5. The van der Waals surface area contributed by atoms with E-state index in [2.05, 4.69) is 17.1 Å². The third kappa shape index (κ3) is 5.83. The first kappa shape index (κ1) is 19.5. The van der Waals surface area contributed by atoms with Crippen molar-refractivity contribution in [2.45, 2.75) is 76.9 Å². The van der Waals surface area contributed by atoms with Gasteiger partial charge in [0.05, 0.1) is 18.8 Å². The average molecular weight is 378 g/mol. The van der Waals surface area contributed by atoms with Crippen LogP contribution in [0.25, 0.3) is 0 Å². The zero-order valence-electron chi connectivity index (χ0n) is 17.2. The summed E-state index contributed by atoms with van der Waals surface area (Å²) in [5.41, 5.74) is 0. The quantitative estimate of drug-likeness (QED) is 0.520. The standard InChI is InChI=1S/C22H39N3O2/c1-2-23-22(24-15-21(17-6-7-17)18-8-9-18)25-12-10-19(11-13-25)27-16-20-5-3-4-14-26-20/h17-21H,2-16H2,1H3,(H,23,24). The molecule has 0 aromatic heterocycles. The van der Waals surface area contributed by atoms with E-state index in [0.717, 1.165) is 75.9 Å². The van der Waals surface area contributed by atoms with E-state index < -0.39 is 0 Å². The molecule has 2 aliphatic carbocycles. The van der Waals surface area contributed by atoms with Crippen molar-refractivity contribution in [1.82, 2.24) is 10.2 Å². The summed E-state index contributed by atoms with van der Waals surface area (Å²) in [7, 11) is 0. The minimum atomic E-state index is 0.331. The molecule has 4 rings (SSSR count). The van der Waals surface area contributed by atoms with Gasteiger partial charge in [-0.1, -0.05) is 0 Å². The minimum absolute atomic E-state index is 0.331. The van der Waals surface area contributed by atoms with E-state index >= 15 is 0 Å². The highest BCUT2D eigenvalue weighted by atomic mass is 16.5. The predicted octanol–water partition coefficient (Wildman–Crippen LogP) is 3.44. The summed E-state index contributed by atoms with van der Waals surface area (Å²) in [4.78, 5) is 7.53. The van der Waals surface area contributed by atoms with Gasteiger partial charge < -0.3 is 19.7 Å². The summed E-state index contributed by atoms with van der Waals surface area (Å²) in [6, 6.07) is 0. The van der Waals surface area contributed by atoms with E-state index in [1.165, 1.54) is 44.9 Å². The number of nitrogens with one attached hydrogen (secondary N) is 1. The fourth-order valence-electron chi connectivity index (χ4n) is 4.77. The second-order valence-electron chi connectivity index (χ2n) is 9.04. The Kier molecular flexibility index (Phi) is 6.93. The summed E-state index contributed by atoms with van der Waals surface area (Å²) >= 11 is 0. The Morgan fingerprint density at radius 2 is 1.81 bits per heavy atom. The Morgan fingerprint density at radius 1 is 1.07 bits per heavy atom. The molecule has 1 N–H and O–H groups in total. The Labute approximate surface area is 165 Å². The van der Waals surface area contributed by atoms with E-state index in [1.807, 2.05) is 0 Å². The zero-order valence-corrected chi connectivity index (χ0v) is 17.2. The number of likely N-dealkylation sites (tertiary alicyclic amines) is 1. The van der Waals surface area contributed by atoms with Crippen molar-refractivity contribution in [1.29, 1.82) is 0 Å². The minimum Gasteiger partial charge on any atom is -0.376 e. The number of guanidine groups is 1. The number of aliphatic imine (C=N–C) groups is 1. The van der Waals surface area contributed by atoms with E-state index in [4.69, 9.17) is 14.5 Å². The van der Waals surface area contributed by atoms with Gasteiger partial charge in [-0.25, -0.2) is 0 Å². The predicted molar refractivity (Wildman–Crippen MR) is 109 cm³/mol. The molecule has 2 saturated heterocycles. The van der Waals surface area contributed by atoms with Gasteiger partial charge >= 0.3 is 0 Å². The molecule has 0 aromatic carbocycles. The van der Waals surface area contributed by atoms with Gasteiger partial charge in [-0.3, -0.25) is 4.99 Å². The van der Waals surface area contributed by atoms with Gasteiger partial charge in [0.1, 0.15) is 0 Å². The molecule has 2 saturated carbocycles. The molecule has 5 nitrogen and oxygen atoms in total. The summed E-state index contributed by atoms with van der Waals surface area (Å²) in [5, 5.41) is 3.54. The highest BCUT2D eigenvalue weighted by molar-refractivity contribution is 5.80. The molecule has 0 aromatic rings. The number of hydrogen-bond donors (Lipinski definition) is 1. The van der Waals surface area contributed by atoms with Crippen LogP contribution < -0.4 is 5.32 Å². The molecular formula is C22H39N3O2. The van der Waals surface area contributed by atoms with Crippen molar-refractivity contribution in [3.05, 3.63) is 0 Å². The van der Waals surface area contributed by atoms with Gasteiger partial charge in [-0.15, -0.1) is 0 Å². The summed E-state index contributed by atoms with van der Waals surface area (Å²) in [6.45, 7) is 7.97. The van der Waals surface area contributed by atoms with E-state index in [-0.39, 0.29) is 0 Å². The maximum absolute atomic E-state index is 6.18. The van der Waals surface area contributed by atoms with Gasteiger partial charge in [0.25, 0.3) is 0 Å². The van der Waals surface area contributed by atoms with Crippen LogP contribution in [0.3, 0.4) is 0 Å². The van der Waals surface area contributed by atoms with Gasteiger partial charge in [0.2, 0.25) is 0 Å². The molecule has 0 bridgehead atoms. The van der Waals surface area contributed by atoms with E-state index in [0.29, 0.717) is 12.2 Å². The van der Waals surface area contributed by atoms with Crippen LogP contribution in [0.5, 0.6) is 0 Å². The Hall–Kier alpha value is -0.810. The number of ether oxygens (including phenoxy) is 2. The van der Waals surface area contributed by atoms with Crippen molar-refractivity contribution >= 4 is 5.96 Å². The van der Waals surface area contributed by atoms with Gasteiger partial charge in [-0.05, 0) is 82.5 Å². The normalized spacial score (nSPS) is 28.0. The molecule has 1 unspecified atom stereocenters. The summed E-state index contributed by atoms with van der Waals surface area (Å²) in [6.07, 6.45) is 12.4. The molecule has 0 amide bonds. The maximum Gasteiger partial charge on any atom is 0.193 e. The molecule has 154 valence electrons. The monoisotopic (exact) mass is 377 g/mol. The van der Waals surface area contributed by atoms with Crippen molar-refractivity contribution in [3.63, 3.8) is 0 Å². The Balaban J connectivity index is 1.22. The van der Waals surface area contributed by atoms with Crippen LogP contribution in [0.15, 0.2) is 4.99 Å². The fraction of sp³-hybridized carbons (Fsp3) is 0.955. The highest BCUT2D eigenvalue weighted by Gasteiger charge is 2.41. The maximum atomic E-state index is 6.18. The molecular weight excluding hydrogens is 338 g/mol. The molecule has 0 spiro atoms. The number of hydrogen-bond acceptors (Lipinski definition) is 3. The van der Waals surface area contributed by atoms with Gasteiger partial charge in [0.15, 0.2) is 5.96 Å². The van der Waals surface area contributed by atoms with Crippen LogP contribution in [0.1, 0.15) is 64.7 Å². The van der Waals surface area contributed by atoms with Crippen LogP contribution in [-0.2, 0) is 9.47 Å². The smallest absolute Gasteiger partial charge is 0.193 e. The van der Waals surface area contributed by atoms with Gasteiger partial charge in [-0.2, -0.15) is 0 Å². The number of piperidine rings is 1. The highest BCUT2D eigenvalue weighted by Crippen LogP contribution is 2.49. The van der Waals surface area contributed by atoms with E-state index in [9.17, 15) is 0 Å². The molecule has 4 fully saturated rings. The topological polar surface area (TPSA) is 46.1 Å². The molecule has 2 aliphatic heterocycles. The van der Waals surface area contributed by atoms with Gasteiger partial charge in [0, 0.05) is 32.8 Å². The van der Waals surface area contributed by atoms with Crippen molar-refractivity contribution in [2.24, 2.45) is 22.7 Å². The third-order valence-corrected chi connectivity index (χ3v) is 6.78. The lowest BCUT2D eigenvalue weighted by Gasteiger charge is -2.35. The molecule has 5 heteroatoms. The summed E-state index contributed by atoms with van der Waals surface area (Å²) in [5.74, 6) is 3.95. The molecule has 4 aliphatic rings. The first-order chi connectivity index (χ1) is 13.3. The van der Waals surface area contributed by atoms with Crippen LogP contribution in [0, 0.1) is 17.8 Å². The van der Waals surface area contributed by atoms with Crippen LogP contribution in [0.2, 0.25) is 0 Å². The first-order valence-electron chi connectivity index (χ1n) is 11.6. The summed E-state index contributed by atoms with van der Waals surface area (Å²) < 4.78 is 12.0. The van der Waals surface area contributed by atoms with Crippen LogP contribution in [0.4, 0.5) is 0 Å². The van der Waals surface area contributed by atoms with Crippen molar-refractivity contribution in [3.8, 4) is 0 Å². The lowest BCUT2D eigenvalue weighted by atomic mass is 9.98. The molecule has 2 heterocycles. The SMILES string of the molecule is CCNC(=NCC(C1CC1)C1CC1)N1CCC(OCC2CCCCO2)CC1. The van der Waals surface area contributed by atoms with Crippen molar-refractivity contribution in [2.75, 3.05) is 39.4 Å².